The maximum Gasteiger partial charge on any atom is 0.185 e. The minimum atomic E-state index is -0.462. The van der Waals surface area contributed by atoms with Crippen molar-refractivity contribution in [3.63, 3.8) is 0 Å². The molecule has 0 aliphatic carbocycles. The van der Waals surface area contributed by atoms with Crippen LogP contribution in [0.1, 0.15) is 0 Å². The Hall–Kier alpha value is -0.820. The van der Waals surface area contributed by atoms with E-state index in [1.54, 1.807) is 6.07 Å². The number of aromatic nitrogens is 1. The molecular weight excluding hydrogens is 333 g/mol. The van der Waals surface area contributed by atoms with Crippen molar-refractivity contribution in [1.82, 2.24) is 5.16 Å². The van der Waals surface area contributed by atoms with E-state index in [0.717, 1.165) is 0 Å². The fourth-order valence-corrected chi connectivity index (χ4v) is 1.78. The zero-order valence-corrected chi connectivity index (χ0v) is 10.2. The molecule has 0 radical (unpaired) electrons. The van der Waals surface area contributed by atoms with E-state index >= 15 is 0 Å². The van der Waals surface area contributed by atoms with Crippen LogP contribution in [0.5, 0.6) is 0 Å². The monoisotopic (exact) mass is 338 g/mol. The standard InChI is InChI=1S/C9H5ClFIN2O/c10-4-1-2-5(6(11)3-4)8-7(12)9(13)14-15-8/h1-3H,(H2,13,14). The first kappa shape index (κ1) is 10.7. The average Bonchev–Trinajstić information content (AvgIpc) is 2.49. The highest BCUT2D eigenvalue weighted by atomic mass is 127. The molecule has 0 unspecified atom stereocenters. The van der Waals surface area contributed by atoms with E-state index < -0.39 is 5.82 Å². The Kier molecular flexibility index (Phi) is 2.83. The highest BCUT2D eigenvalue weighted by Crippen LogP contribution is 2.31. The molecule has 1 aromatic heterocycles. The summed E-state index contributed by atoms with van der Waals surface area (Å²) in [5.74, 6) is 0.110. The third-order valence-corrected chi connectivity index (χ3v) is 3.11. The first-order valence-corrected chi connectivity index (χ1v) is 5.41. The quantitative estimate of drug-likeness (QED) is 0.812. The molecular formula is C9H5ClFIN2O. The van der Waals surface area contributed by atoms with Gasteiger partial charge in [0, 0.05) is 5.02 Å². The van der Waals surface area contributed by atoms with Gasteiger partial charge in [-0.1, -0.05) is 16.8 Å². The van der Waals surface area contributed by atoms with E-state index in [4.69, 9.17) is 21.9 Å². The third kappa shape index (κ3) is 1.93. The third-order valence-electron chi connectivity index (χ3n) is 1.84. The SMILES string of the molecule is Nc1noc(-c2ccc(Cl)cc2F)c1I. The minimum Gasteiger partial charge on any atom is -0.380 e. The maximum absolute atomic E-state index is 13.5. The Morgan fingerprint density at radius 3 is 2.73 bits per heavy atom. The zero-order chi connectivity index (χ0) is 11.0. The molecule has 6 heteroatoms. The Morgan fingerprint density at radius 1 is 1.47 bits per heavy atom. The lowest BCUT2D eigenvalue weighted by Gasteiger charge is -1.99. The van der Waals surface area contributed by atoms with Crippen molar-refractivity contribution < 1.29 is 8.91 Å². The van der Waals surface area contributed by atoms with E-state index in [1.165, 1.54) is 12.1 Å². The van der Waals surface area contributed by atoms with Crippen LogP contribution in [-0.2, 0) is 0 Å². The molecule has 0 atom stereocenters. The summed E-state index contributed by atoms with van der Waals surface area (Å²) in [6, 6.07) is 4.32. The van der Waals surface area contributed by atoms with E-state index in [1.807, 2.05) is 22.6 Å². The summed E-state index contributed by atoms with van der Waals surface area (Å²) >= 11 is 7.58. The number of benzene rings is 1. The van der Waals surface area contributed by atoms with Crippen LogP contribution in [0, 0.1) is 9.39 Å². The zero-order valence-electron chi connectivity index (χ0n) is 7.30. The summed E-state index contributed by atoms with van der Waals surface area (Å²) in [6.07, 6.45) is 0. The molecule has 0 saturated carbocycles. The number of nitrogens with two attached hydrogens (primary N) is 1. The van der Waals surface area contributed by atoms with Crippen LogP contribution in [0.25, 0.3) is 11.3 Å². The smallest absolute Gasteiger partial charge is 0.185 e. The number of halogens is 3. The Balaban J connectivity index is 2.59. The van der Waals surface area contributed by atoms with E-state index in [-0.39, 0.29) is 5.82 Å². The summed E-state index contributed by atoms with van der Waals surface area (Å²) in [5.41, 5.74) is 5.80. The second-order valence-corrected chi connectivity index (χ2v) is 4.35. The van der Waals surface area contributed by atoms with E-state index in [2.05, 4.69) is 5.16 Å². The highest BCUT2D eigenvalue weighted by molar-refractivity contribution is 14.1. The fraction of sp³-hybridized carbons (Fsp3) is 0. The number of nitrogens with zero attached hydrogens (tertiary/aromatic N) is 1. The van der Waals surface area contributed by atoms with Gasteiger partial charge < -0.3 is 10.3 Å². The molecule has 2 N–H and O–H groups in total. The molecule has 0 bridgehead atoms. The first-order chi connectivity index (χ1) is 7.09. The van der Waals surface area contributed by atoms with E-state index in [9.17, 15) is 4.39 Å². The minimum absolute atomic E-state index is 0.250. The summed E-state index contributed by atoms with van der Waals surface area (Å²) in [5, 5.41) is 3.88. The summed E-state index contributed by atoms with van der Waals surface area (Å²) in [4.78, 5) is 0. The molecule has 2 rings (SSSR count). The maximum atomic E-state index is 13.5. The first-order valence-electron chi connectivity index (χ1n) is 3.95. The van der Waals surface area contributed by atoms with Gasteiger partial charge in [-0.2, -0.15) is 0 Å². The molecule has 1 aromatic carbocycles. The highest BCUT2D eigenvalue weighted by Gasteiger charge is 2.16. The van der Waals surface area contributed by atoms with Gasteiger partial charge in [0.1, 0.15) is 9.39 Å². The molecule has 78 valence electrons. The second-order valence-electron chi connectivity index (χ2n) is 2.84. The predicted molar refractivity (Wildman–Crippen MR) is 64.0 cm³/mol. The van der Waals surface area contributed by atoms with Crippen LogP contribution in [-0.4, -0.2) is 5.16 Å². The van der Waals surface area contributed by atoms with Gasteiger partial charge in [-0.05, 0) is 40.8 Å². The second kappa shape index (κ2) is 3.97. The Morgan fingerprint density at radius 2 is 2.20 bits per heavy atom. The molecule has 0 amide bonds. The van der Waals surface area contributed by atoms with Gasteiger partial charge >= 0.3 is 0 Å². The lowest BCUT2D eigenvalue weighted by Crippen LogP contribution is -1.88. The van der Waals surface area contributed by atoms with Crippen LogP contribution in [0.2, 0.25) is 5.02 Å². The normalized spacial score (nSPS) is 10.6. The number of rotatable bonds is 1. The topological polar surface area (TPSA) is 52.0 Å². The molecule has 15 heavy (non-hydrogen) atoms. The number of anilines is 1. The summed E-state index contributed by atoms with van der Waals surface area (Å²) in [6.45, 7) is 0. The Labute approximate surface area is 104 Å². The summed E-state index contributed by atoms with van der Waals surface area (Å²) < 4.78 is 19.0. The van der Waals surface area contributed by atoms with Crippen LogP contribution in [0.15, 0.2) is 22.7 Å². The lowest BCUT2D eigenvalue weighted by molar-refractivity contribution is 0.433. The molecule has 0 aliphatic heterocycles. The van der Waals surface area contributed by atoms with Crippen molar-refractivity contribution in [2.75, 3.05) is 5.73 Å². The van der Waals surface area contributed by atoms with Crippen molar-refractivity contribution in [2.24, 2.45) is 0 Å². The largest absolute Gasteiger partial charge is 0.380 e. The number of nitrogen functional groups attached to an aromatic ring is 1. The van der Waals surface area contributed by atoms with Gasteiger partial charge in [0.05, 0.1) is 5.56 Å². The van der Waals surface area contributed by atoms with Crippen LogP contribution >= 0.6 is 34.2 Å². The Bertz CT molecular complexity index is 515. The van der Waals surface area contributed by atoms with E-state index in [0.29, 0.717) is 19.9 Å². The van der Waals surface area contributed by atoms with Crippen LogP contribution in [0.4, 0.5) is 10.2 Å². The molecule has 0 fully saturated rings. The number of hydrogen-bond donors (Lipinski definition) is 1. The van der Waals surface area contributed by atoms with Crippen molar-refractivity contribution >= 4 is 40.0 Å². The van der Waals surface area contributed by atoms with Crippen molar-refractivity contribution in [2.45, 2.75) is 0 Å². The molecule has 0 aliphatic rings. The lowest BCUT2D eigenvalue weighted by atomic mass is 10.1. The molecule has 0 spiro atoms. The van der Waals surface area contributed by atoms with Crippen LogP contribution < -0.4 is 5.73 Å². The van der Waals surface area contributed by atoms with Gasteiger partial charge in [0.15, 0.2) is 11.6 Å². The average molecular weight is 339 g/mol. The van der Waals surface area contributed by atoms with Crippen molar-refractivity contribution in [1.29, 1.82) is 0 Å². The van der Waals surface area contributed by atoms with Gasteiger partial charge in [-0.15, -0.1) is 0 Å². The van der Waals surface area contributed by atoms with Gasteiger partial charge in [-0.3, -0.25) is 0 Å². The van der Waals surface area contributed by atoms with Crippen LogP contribution in [0.3, 0.4) is 0 Å². The fourth-order valence-electron chi connectivity index (χ4n) is 1.13. The van der Waals surface area contributed by atoms with Crippen molar-refractivity contribution in [3.8, 4) is 11.3 Å². The molecule has 1 heterocycles. The van der Waals surface area contributed by atoms with Gasteiger partial charge in [0.2, 0.25) is 0 Å². The molecule has 0 saturated heterocycles. The summed E-state index contributed by atoms with van der Waals surface area (Å²) in [7, 11) is 0. The molecule has 3 nitrogen and oxygen atoms in total. The van der Waals surface area contributed by atoms with Crippen molar-refractivity contribution in [3.05, 3.63) is 32.6 Å². The molecule has 2 aromatic rings. The van der Waals surface area contributed by atoms with Gasteiger partial charge in [0.25, 0.3) is 0 Å². The van der Waals surface area contributed by atoms with Gasteiger partial charge in [-0.25, -0.2) is 4.39 Å². The predicted octanol–water partition coefficient (Wildman–Crippen LogP) is 3.32. The number of hydrogen-bond acceptors (Lipinski definition) is 3.